The van der Waals surface area contributed by atoms with Crippen molar-refractivity contribution in [2.45, 2.75) is 6.61 Å². The van der Waals surface area contributed by atoms with Crippen LogP contribution in [0.1, 0.15) is 20.7 Å². The number of amides is 2. The van der Waals surface area contributed by atoms with E-state index >= 15 is 0 Å². The molecule has 23 heavy (non-hydrogen) atoms. The molecule has 0 atom stereocenters. The second-order valence-corrected chi connectivity index (χ2v) is 6.37. The minimum atomic E-state index is -3.09. The van der Waals surface area contributed by atoms with E-state index in [1.165, 1.54) is 24.3 Å². The molecule has 0 unspecified atom stereocenters. The van der Waals surface area contributed by atoms with E-state index in [9.17, 15) is 18.4 Å². The number of benzene rings is 2. The molecule has 0 radical (unpaired) electrons. The SMILES string of the molecule is O=C1c2ccccc2C(=O)N1c1c(Br)cc(Br)cc1OC(F)F. The van der Waals surface area contributed by atoms with Crippen LogP contribution < -0.4 is 9.64 Å². The fourth-order valence-electron chi connectivity index (χ4n) is 2.34. The van der Waals surface area contributed by atoms with Gasteiger partial charge in [-0.1, -0.05) is 28.1 Å². The average Bonchev–Trinajstić information content (AvgIpc) is 2.72. The molecule has 0 spiro atoms. The number of ether oxygens (including phenoxy) is 1. The number of halogens is 4. The molecule has 3 rings (SSSR count). The van der Waals surface area contributed by atoms with Crippen LogP contribution >= 0.6 is 31.9 Å². The summed E-state index contributed by atoms with van der Waals surface area (Å²) in [5, 5.41) is 0. The summed E-state index contributed by atoms with van der Waals surface area (Å²) in [4.78, 5) is 25.9. The summed E-state index contributed by atoms with van der Waals surface area (Å²) in [6.45, 7) is -3.09. The number of imide groups is 1. The summed E-state index contributed by atoms with van der Waals surface area (Å²) >= 11 is 6.36. The van der Waals surface area contributed by atoms with Gasteiger partial charge in [-0.25, -0.2) is 4.90 Å². The van der Waals surface area contributed by atoms with Crippen LogP contribution in [0.3, 0.4) is 0 Å². The van der Waals surface area contributed by atoms with Gasteiger partial charge in [-0.3, -0.25) is 9.59 Å². The predicted octanol–water partition coefficient (Wildman–Crippen LogP) is 4.61. The molecule has 1 aliphatic heterocycles. The van der Waals surface area contributed by atoms with E-state index in [-0.39, 0.29) is 27.0 Å². The van der Waals surface area contributed by atoms with Crippen molar-refractivity contribution in [3.05, 3.63) is 56.5 Å². The van der Waals surface area contributed by atoms with Gasteiger partial charge in [-0.15, -0.1) is 0 Å². The third-order valence-corrected chi connectivity index (χ3v) is 4.29. The zero-order valence-corrected chi connectivity index (χ0v) is 14.4. The van der Waals surface area contributed by atoms with Crippen LogP contribution in [0, 0.1) is 0 Å². The number of alkyl halides is 2. The van der Waals surface area contributed by atoms with Gasteiger partial charge < -0.3 is 4.74 Å². The van der Waals surface area contributed by atoms with Gasteiger partial charge in [0.25, 0.3) is 11.8 Å². The summed E-state index contributed by atoms with van der Waals surface area (Å²) < 4.78 is 30.5. The Balaban J connectivity index is 2.17. The normalized spacial score (nSPS) is 13.7. The Kier molecular flexibility index (Phi) is 4.20. The summed E-state index contributed by atoms with van der Waals surface area (Å²) in [5.41, 5.74) is 0.380. The van der Waals surface area contributed by atoms with Crippen molar-refractivity contribution in [3.8, 4) is 5.75 Å². The Bertz CT molecular complexity index is 791. The van der Waals surface area contributed by atoms with Crippen LogP contribution in [-0.2, 0) is 0 Å². The highest BCUT2D eigenvalue weighted by atomic mass is 79.9. The first-order chi connectivity index (χ1) is 10.9. The molecule has 0 saturated carbocycles. The van der Waals surface area contributed by atoms with Gasteiger partial charge in [0, 0.05) is 8.95 Å². The minimum Gasteiger partial charge on any atom is -0.432 e. The lowest BCUT2D eigenvalue weighted by atomic mass is 10.1. The van der Waals surface area contributed by atoms with E-state index in [1.54, 1.807) is 12.1 Å². The molecule has 1 aliphatic rings. The molecule has 0 bridgehead atoms. The number of hydrogen-bond donors (Lipinski definition) is 0. The minimum absolute atomic E-state index is 0.0558. The van der Waals surface area contributed by atoms with Crippen molar-refractivity contribution >= 4 is 49.4 Å². The third kappa shape index (κ3) is 2.76. The maximum absolute atomic E-state index is 12.7. The Morgan fingerprint density at radius 1 is 1.00 bits per heavy atom. The summed E-state index contributed by atoms with van der Waals surface area (Å²) in [6.07, 6.45) is 0. The van der Waals surface area contributed by atoms with E-state index in [1.807, 2.05) is 0 Å². The van der Waals surface area contributed by atoms with E-state index in [0.29, 0.717) is 4.47 Å². The van der Waals surface area contributed by atoms with Crippen LogP contribution in [0.4, 0.5) is 14.5 Å². The molecule has 0 aromatic heterocycles. The Morgan fingerprint density at radius 2 is 1.57 bits per heavy atom. The first-order valence-electron chi connectivity index (χ1n) is 6.32. The van der Waals surface area contributed by atoms with Crippen molar-refractivity contribution in [1.29, 1.82) is 0 Å². The largest absolute Gasteiger partial charge is 0.432 e. The predicted molar refractivity (Wildman–Crippen MR) is 86.1 cm³/mol. The van der Waals surface area contributed by atoms with E-state index < -0.39 is 18.4 Å². The molecule has 0 N–H and O–H groups in total. The maximum atomic E-state index is 12.7. The van der Waals surface area contributed by atoms with Crippen LogP contribution in [0.2, 0.25) is 0 Å². The zero-order valence-electron chi connectivity index (χ0n) is 11.2. The number of carbonyl (C=O) groups is 2. The average molecular weight is 447 g/mol. The van der Waals surface area contributed by atoms with Crippen LogP contribution in [0.5, 0.6) is 5.75 Å². The van der Waals surface area contributed by atoms with Gasteiger partial charge in [0.1, 0.15) is 5.69 Å². The zero-order chi connectivity index (χ0) is 16.7. The molecule has 0 saturated heterocycles. The van der Waals surface area contributed by atoms with Gasteiger partial charge in [-0.05, 0) is 40.2 Å². The molecule has 0 aliphatic carbocycles. The van der Waals surface area contributed by atoms with Crippen molar-refractivity contribution in [2.75, 3.05) is 4.90 Å². The maximum Gasteiger partial charge on any atom is 0.387 e. The first kappa shape index (κ1) is 16.1. The second-order valence-electron chi connectivity index (χ2n) is 4.60. The molecule has 1 heterocycles. The highest BCUT2D eigenvalue weighted by molar-refractivity contribution is 9.11. The quantitative estimate of drug-likeness (QED) is 0.646. The van der Waals surface area contributed by atoms with E-state index in [2.05, 4.69) is 36.6 Å². The number of carbonyl (C=O) groups excluding carboxylic acids is 2. The fourth-order valence-corrected chi connectivity index (χ4v) is 3.70. The smallest absolute Gasteiger partial charge is 0.387 e. The standard InChI is InChI=1S/C15H7Br2F2NO3/c16-7-5-10(17)12(11(6-7)23-15(18)19)20-13(21)8-3-1-2-4-9(8)14(20)22/h1-6,15H. The van der Waals surface area contributed by atoms with Crippen molar-refractivity contribution in [2.24, 2.45) is 0 Å². The first-order valence-corrected chi connectivity index (χ1v) is 7.90. The molecular weight excluding hydrogens is 440 g/mol. The lowest BCUT2D eigenvalue weighted by Gasteiger charge is -2.20. The van der Waals surface area contributed by atoms with Gasteiger partial charge in [0.15, 0.2) is 5.75 Å². The molecule has 4 nitrogen and oxygen atoms in total. The molecule has 2 amide bonds. The Hall–Kier alpha value is -1.80. The number of fused-ring (bicyclic) bond motifs is 1. The van der Waals surface area contributed by atoms with Crippen molar-refractivity contribution in [1.82, 2.24) is 0 Å². The Labute approximate surface area is 146 Å². The Morgan fingerprint density at radius 3 is 2.09 bits per heavy atom. The summed E-state index contributed by atoms with van der Waals surface area (Å²) in [7, 11) is 0. The topological polar surface area (TPSA) is 46.6 Å². The van der Waals surface area contributed by atoms with Crippen molar-refractivity contribution in [3.63, 3.8) is 0 Å². The van der Waals surface area contributed by atoms with Crippen LogP contribution in [0.25, 0.3) is 0 Å². The van der Waals surface area contributed by atoms with Crippen LogP contribution in [-0.4, -0.2) is 18.4 Å². The molecule has 2 aromatic rings. The summed E-state index contributed by atoms with van der Waals surface area (Å²) in [5.74, 6) is -1.46. The van der Waals surface area contributed by atoms with E-state index in [4.69, 9.17) is 0 Å². The number of hydrogen-bond acceptors (Lipinski definition) is 3. The van der Waals surface area contributed by atoms with E-state index in [0.717, 1.165) is 4.90 Å². The van der Waals surface area contributed by atoms with Crippen molar-refractivity contribution < 1.29 is 23.1 Å². The third-order valence-electron chi connectivity index (χ3n) is 3.23. The fraction of sp³-hybridized carbons (Fsp3) is 0.0667. The molecule has 8 heteroatoms. The monoisotopic (exact) mass is 445 g/mol. The second kappa shape index (κ2) is 6.01. The highest BCUT2D eigenvalue weighted by Gasteiger charge is 2.39. The van der Waals surface area contributed by atoms with Gasteiger partial charge in [0.2, 0.25) is 0 Å². The summed E-state index contributed by atoms with van der Waals surface area (Å²) in [6, 6.07) is 9.08. The van der Waals surface area contributed by atoms with Gasteiger partial charge in [0.05, 0.1) is 11.1 Å². The van der Waals surface area contributed by atoms with Gasteiger partial charge >= 0.3 is 6.61 Å². The van der Waals surface area contributed by atoms with Gasteiger partial charge in [-0.2, -0.15) is 8.78 Å². The molecular formula is C15H7Br2F2NO3. The molecule has 118 valence electrons. The number of anilines is 1. The number of nitrogens with zero attached hydrogens (tertiary/aromatic N) is 1. The van der Waals surface area contributed by atoms with Crippen LogP contribution in [0.15, 0.2) is 45.3 Å². The number of rotatable bonds is 3. The lowest BCUT2D eigenvalue weighted by Crippen LogP contribution is -2.30. The lowest BCUT2D eigenvalue weighted by molar-refractivity contribution is -0.0495. The molecule has 2 aromatic carbocycles. The highest BCUT2D eigenvalue weighted by Crippen LogP contribution is 2.42. The molecule has 0 fully saturated rings.